The van der Waals surface area contributed by atoms with Crippen molar-refractivity contribution >= 4 is 22.6 Å². The fourth-order valence-corrected chi connectivity index (χ4v) is 5.22. The van der Waals surface area contributed by atoms with Gasteiger partial charge >= 0.3 is 5.97 Å². The van der Waals surface area contributed by atoms with E-state index in [0.29, 0.717) is 12.1 Å². The molecule has 4 atom stereocenters. The lowest BCUT2D eigenvalue weighted by molar-refractivity contribution is -0.138. The van der Waals surface area contributed by atoms with Gasteiger partial charge in [0.2, 0.25) is 0 Å². The summed E-state index contributed by atoms with van der Waals surface area (Å²) in [7, 11) is 0. The molecule has 4 aromatic carbocycles. The van der Waals surface area contributed by atoms with Crippen LogP contribution in [0.15, 0.2) is 91.0 Å². The predicted octanol–water partition coefficient (Wildman–Crippen LogP) is 5.68. The SMILES string of the molecule is CC(NC(=O)c1cccc([C@@H]2C[C@H](CN[C@H](C)c3cccc4ccccc34)Oc3ccccc32)c1)C(=O)O. The number of rotatable bonds is 8. The summed E-state index contributed by atoms with van der Waals surface area (Å²) >= 11 is 0. The van der Waals surface area contributed by atoms with Crippen LogP contribution in [0.4, 0.5) is 0 Å². The van der Waals surface area contributed by atoms with Crippen LogP contribution in [-0.2, 0) is 4.79 Å². The maximum atomic E-state index is 12.7. The van der Waals surface area contributed by atoms with Crippen molar-refractivity contribution < 1.29 is 19.4 Å². The summed E-state index contributed by atoms with van der Waals surface area (Å²) in [4.78, 5) is 23.9. The molecule has 5 rings (SSSR count). The number of hydrogen-bond acceptors (Lipinski definition) is 4. The van der Waals surface area contributed by atoms with Crippen LogP contribution in [0, 0.1) is 0 Å². The zero-order chi connectivity index (χ0) is 26.6. The van der Waals surface area contributed by atoms with E-state index in [4.69, 9.17) is 9.84 Å². The van der Waals surface area contributed by atoms with Crippen molar-refractivity contribution in [2.45, 2.75) is 44.4 Å². The van der Waals surface area contributed by atoms with Crippen LogP contribution in [0.25, 0.3) is 10.8 Å². The molecule has 3 N–H and O–H groups in total. The van der Waals surface area contributed by atoms with Crippen LogP contribution in [0.5, 0.6) is 5.75 Å². The number of carbonyl (C=O) groups excluding carboxylic acids is 1. The minimum Gasteiger partial charge on any atom is -0.489 e. The summed E-state index contributed by atoms with van der Waals surface area (Å²) in [6.07, 6.45) is 0.694. The summed E-state index contributed by atoms with van der Waals surface area (Å²) in [5.74, 6) is -0.572. The number of nitrogens with one attached hydrogen (secondary N) is 2. The van der Waals surface area contributed by atoms with E-state index in [-0.39, 0.29) is 18.1 Å². The minimum atomic E-state index is -1.07. The van der Waals surface area contributed by atoms with E-state index in [9.17, 15) is 9.59 Å². The molecule has 6 heteroatoms. The van der Waals surface area contributed by atoms with Gasteiger partial charge in [-0.25, -0.2) is 0 Å². The van der Waals surface area contributed by atoms with Crippen LogP contribution in [0.3, 0.4) is 0 Å². The largest absolute Gasteiger partial charge is 0.489 e. The monoisotopic (exact) mass is 508 g/mol. The molecule has 1 heterocycles. The van der Waals surface area contributed by atoms with Gasteiger partial charge in [-0.1, -0.05) is 72.8 Å². The van der Waals surface area contributed by atoms with Crippen LogP contribution in [-0.4, -0.2) is 35.7 Å². The van der Waals surface area contributed by atoms with Crippen LogP contribution < -0.4 is 15.4 Å². The van der Waals surface area contributed by atoms with Crippen molar-refractivity contribution in [2.75, 3.05) is 6.54 Å². The Labute approximate surface area is 222 Å². The lowest BCUT2D eigenvalue weighted by Gasteiger charge is -2.33. The first-order valence-electron chi connectivity index (χ1n) is 13.0. The highest BCUT2D eigenvalue weighted by atomic mass is 16.5. The standard InChI is InChI=1S/C32H32N2O4/c1-20(26-15-8-10-22-9-3-4-13-27(22)26)33-19-25-18-29(28-14-5-6-16-30(28)38-25)23-11-7-12-24(17-23)31(35)34-21(2)32(36)37/h3-17,20-21,25,29,33H,18-19H2,1-2H3,(H,34,35)(H,36,37)/t20-,21?,25-,29+/m1/s1. The lowest BCUT2D eigenvalue weighted by atomic mass is 9.83. The summed E-state index contributed by atoms with van der Waals surface area (Å²) in [6.45, 7) is 4.30. The fraction of sp³-hybridized carbons (Fsp3) is 0.250. The molecule has 0 radical (unpaired) electrons. The molecule has 0 saturated heterocycles. The Balaban J connectivity index is 1.35. The van der Waals surface area contributed by atoms with E-state index in [1.54, 1.807) is 6.07 Å². The van der Waals surface area contributed by atoms with Gasteiger partial charge in [0.25, 0.3) is 5.91 Å². The van der Waals surface area contributed by atoms with E-state index < -0.39 is 17.9 Å². The molecule has 0 bridgehead atoms. The van der Waals surface area contributed by atoms with Crippen molar-refractivity contribution in [2.24, 2.45) is 0 Å². The first-order valence-corrected chi connectivity index (χ1v) is 13.0. The number of hydrogen-bond donors (Lipinski definition) is 3. The number of para-hydroxylation sites is 1. The third-order valence-electron chi connectivity index (χ3n) is 7.30. The van der Waals surface area contributed by atoms with Crippen LogP contribution >= 0.6 is 0 Å². The summed E-state index contributed by atoms with van der Waals surface area (Å²) in [5, 5.41) is 17.8. The highest BCUT2D eigenvalue weighted by Crippen LogP contribution is 2.40. The van der Waals surface area contributed by atoms with Gasteiger partial charge in [0, 0.05) is 29.6 Å². The maximum absolute atomic E-state index is 12.7. The molecular formula is C32H32N2O4. The van der Waals surface area contributed by atoms with Gasteiger partial charge in [-0.2, -0.15) is 0 Å². The van der Waals surface area contributed by atoms with Crippen molar-refractivity contribution in [1.29, 1.82) is 0 Å². The molecule has 1 aliphatic heterocycles. The average molecular weight is 509 g/mol. The van der Waals surface area contributed by atoms with E-state index in [1.165, 1.54) is 23.3 Å². The molecule has 38 heavy (non-hydrogen) atoms. The number of fused-ring (bicyclic) bond motifs is 2. The highest BCUT2D eigenvalue weighted by Gasteiger charge is 2.30. The average Bonchev–Trinajstić information content (AvgIpc) is 2.95. The van der Waals surface area contributed by atoms with E-state index in [0.717, 1.165) is 23.3 Å². The second kappa shape index (κ2) is 11.1. The molecule has 0 saturated carbocycles. The summed E-state index contributed by atoms with van der Waals surface area (Å²) in [6, 6.07) is 29.5. The van der Waals surface area contributed by atoms with Gasteiger partial charge in [-0.15, -0.1) is 0 Å². The summed E-state index contributed by atoms with van der Waals surface area (Å²) < 4.78 is 6.41. The normalized spacial score (nSPS) is 18.2. The molecule has 194 valence electrons. The number of carbonyl (C=O) groups is 2. The molecule has 6 nitrogen and oxygen atoms in total. The Morgan fingerprint density at radius 3 is 2.53 bits per heavy atom. The Bertz CT molecular complexity index is 1460. The number of benzene rings is 4. The number of aliphatic carboxylic acids is 1. The van der Waals surface area contributed by atoms with E-state index >= 15 is 0 Å². The Hall–Kier alpha value is -4.16. The molecule has 0 spiro atoms. The smallest absolute Gasteiger partial charge is 0.325 e. The van der Waals surface area contributed by atoms with Crippen LogP contribution in [0.1, 0.15) is 59.3 Å². The third kappa shape index (κ3) is 5.41. The van der Waals surface area contributed by atoms with Gasteiger partial charge in [0.05, 0.1) is 0 Å². The molecule has 1 unspecified atom stereocenters. The second-order valence-electron chi connectivity index (χ2n) is 9.92. The van der Waals surface area contributed by atoms with Gasteiger partial charge in [-0.05, 0) is 60.4 Å². The van der Waals surface area contributed by atoms with Crippen molar-refractivity contribution in [3.8, 4) is 5.75 Å². The molecular weight excluding hydrogens is 476 g/mol. The highest BCUT2D eigenvalue weighted by molar-refractivity contribution is 5.96. The maximum Gasteiger partial charge on any atom is 0.325 e. The van der Waals surface area contributed by atoms with E-state index in [1.807, 2.05) is 36.4 Å². The van der Waals surface area contributed by atoms with Crippen molar-refractivity contribution in [1.82, 2.24) is 10.6 Å². The quantitative estimate of drug-likeness (QED) is 0.285. The van der Waals surface area contributed by atoms with Gasteiger partial charge in [-0.3, -0.25) is 9.59 Å². The third-order valence-corrected chi connectivity index (χ3v) is 7.30. The zero-order valence-corrected chi connectivity index (χ0v) is 21.6. The molecule has 4 aromatic rings. The molecule has 1 amide bonds. The molecule has 1 aliphatic rings. The predicted molar refractivity (Wildman–Crippen MR) is 149 cm³/mol. The Morgan fingerprint density at radius 2 is 1.68 bits per heavy atom. The molecule has 0 fully saturated rings. The number of carboxylic acid groups (broad SMARTS) is 1. The number of ether oxygens (including phenoxy) is 1. The zero-order valence-electron chi connectivity index (χ0n) is 21.6. The first-order chi connectivity index (χ1) is 18.4. The molecule has 0 aromatic heterocycles. The Kier molecular flexibility index (Phi) is 7.43. The lowest BCUT2D eigenvalue weighted by Crippen LogP contribution is -2.38. The molecule has 0 aliphatic carbocycles. The van der Waals surface area contributed by atoms with Gasteiger partial charge in [0.15, 0.2) is 0 Å². The fourth-order valence-electron chi connectivity index (χ4n) is 5.22. The Morgan fingerprint density at radius 1 is 0.947 bits per heavy atom. The van der Waals surface area contributed by atoms with Crippen molar-refractivity contribution in [3.05, 3.63) is 113 Å². The topological polar surface area (TPSA) is 87.7 Å². The van der Waals surface area contributed by atoms with Crippen molar-refractivity contribution in [3.63, 3.8) is 0 Å². The minimum absolute atomic E-state index is 0.0456. The van der Waals surface area contributed by atoms with Crippen LogP contribution in [0.2, 0.25) is 0 Å². The number of carboxylic acids is 1. The summed E-state index contributed by atoms with van der Waals surface area (Å²) in [5.41, 5.74) is 3.79. The van der Waals surface area contributed by atoms with E-state index in [2.05, 4.69) is 66.1 Å². The van der Waals surface area contributed by atoms with Gasteiger partial charge in [0.1, 0.15) is 17.9 Å². The second-order valence-corrected chi connectivity index (χ2v) is 9.92. The first kappa shape index (κ1) is 25.5. The number of amides is 1. The van der Waals surface area contributed by atoms with Gasteiger partial charge < -0.3 is 20.5 Å².